The van der Waals surface area contributed by atoms with Gasteiger partial charge in [0.25, 0.3) is 0 Å². The van der Waals surface area contributed by atoms with Crippen LogP contribution in [0.3, 0.4) is 0 Å². The van der Waals surface area contributed by atoms with Crippen LogP contribution in [0.4, 0.5) is 0 Å². The Bertz CT molecular complexity index is 1050. The zero-order chi connectivity index (χ0) is 22.9. The number of hydrogen-bond acceptors (Lipinski definition) is 3. The number of aromatic nitrogens is 2. The third-order valence-corrected chi connectivity index (χ3v) is 8.63. The molecule has 0 spiro atoms. The van der Waals surface area contributed by atoms with Crippen LogP contribution < -0.4 is 0 Å². The van der Waals surface area contributed by atoms with Crippen molar-refractivity contribution < 1.29 is 4.79 Å². The molecule has 1 aromatic carbocycles. The minimum absolute atomic E-state index is 0.205. The van der Waals surface area contributed by atoms with Crippen molar-refractivity contribution >= 4 is 40.1 Å². The second-order valence-corrected chi connectivity index (χ2v) is 11.9. The van der Waals surface area contributed by atoms with Crippen LogP contribution in [0.2, 0.25) is 10.0 Å². The second-order valence-electron chi connectivity index (χ2n) is 11.0. The summed E-state index contributed by atoms with van der Waals surface area (Å²) in [5, 5.41) is 0.931. The second kappa shape index (κ2) is 7.31. The number of benzene rings is 1. The number of hydrogen-bond donors (Lipinski definition) is 0. The van der Waals surface area contributed by atoms with Crippen LogP contribution >= 0.6 is 23.2 Å². The van der Waals surface area contributed by atoms with Gasteiger partial charge in [0.2, 0.25) is 5.91 Å². The Hall–Kier alpha value is -1.39. The van der Waals surface area contributed by atoms with E-state index in [9.17, 15) is 4.79 Å². The van der Waals surface area contributed by atoms with E-state index < -0.39 is 5.41 Å². The summed E-state index contributed by atoms with van der Waals surface area (Å²) in [5.41, 5.74) is 2.06. The van der Waals surface area contributed by atoms with Crippen LogP contribution in [-0.2, 0) is 15.6 Å². The highest BCUT2D eigenvalue weighted by Crippen LogP contribution is 2.70. The van der Waals surface area contributed by atoms with Crippen LogP contribution in [0.25, 0.3) is 11.0 Å². The van der Waals surface area contributed by atoms with E-state index in [1.807, 2.05) is 0 Å². The quantitative estimate of drug-likeness (QED) is 0.516. The number of carbonyl (C=O) groups excluding carboxylic acids is 1. The van der Waals surface area contributed by atoms with Gasteiger partial charge in [-0.05, 0) is 42.2 Å². The molecule has 1 heterocycles. The van der Waals surface area contributed by atoms with Gasteiger partial charge in [-0.3, -0.25) is 4.79 Å². The smallest absolute Gasteiger partial charge is 0.235 e. The van der Waals surface area contributed by atoms with E-state index >= 15 is 0 Å². The maximum Gasteiger partial charge on any atom is 0.235 e. The highest BCUT2D eigenvalue weighted by atomic mass is 35.5. The molecule has 0 N–H and O–H groups in total. The molecule has 1 amide bonds. The fraction of sp³-hybridized carbons (Fsp3) is 0.640. The van der Waals surface area contributed by atoms with Crippen molar-refractivity contribution in [2.45, 2.75) is 72.1 Å². The number of carbonyl (C=O) groups is 1. The van der Waals surface area contributed by atoms with Gasteiger partial charge in [-0.15, -0.1) is 0 Å². The third-order valence-electron chi connectivity index (χ3n) is 7.90. The number of fused-ring (bicyclic) bond motifs is 6. The number of rotatable bonds is 5. The van der Waals surface area contributed by atoms with Gasteiger partial charge >= 0.3 is 0 Å². The molecule has 4 nitrogen and oxygen atoms in total. The highest BCUT2D eigenvalue weighted by Gasteiger charge is 2.73. The molecule has 1 aromatic heterocycles. The first-order valence-electron chi connectivity index (χ1n) is 11.3. The molecule has 4 rings (SSSR count). The average molecular weight is 462 g/mol. The lowest BCUT2D eigenvalue weighted by atomic mass is 9.63. The normalized spacial score (nSPS) is 26.2. The van der Waals surface area contributed by atoms with Gasteiger partial charge in [0.1, 0.15) is 0 Å². The third kappa shape index (κ3) is 3.04. The summed E-state index contributed by atoms with van der Waals surface area (Å²) < 4.78 is 0. The molecule has 0 saturated heterocycles. The number of amides is 1. The fourth-order valence-corrected chi connectivity index (χ4v) is 6.28. The predicted octanol–water partition coefficient (Wildman–Crippen LogP) is 6.41. The summed E-state index contributed by atoms with van der Waals surface area (Å²) >= 11 is 12.6. The fourth-order valence-electron chi connectivity index (χ4n) is 5.96. The molecule has 2 aliphatic carbocycles. The monoisotopic (exact) mass is 461 g/mol. The lowest BCUT2D eigenvalue weighted by molar-refractivity contribution is -0.142. The van der Waals surface area contributed by atoms with E-state index in [4.69, 9.17) is 33.2 Å². The van der Waals surface area contributed by atoms with Gasteiger partial charge < -0.3 is 4.90 Å². The van der Waals surface area contributed by atoms with Gasteiger partial charge in [0.05, 0.1) is 37.9 Å². The standard InChI is InChI=1S/C25H33Cl2N3O/c1-14(2)12-30(13-15(3)4)22(31)25-9-8-24(7,23(25,5)6)20-21(25)29-19-11-17(27)16(26)10-18(19)28-20/h10-11,14-15H,8-9,12-13H2,1-7H3. The summed E-state index contributed by atoms with van der Waals surface area (Å²) in [6.07, 6.45) is 1.73. The maximum atomic E-state index is 14.4. The number of halogens is 2. The van der Waals surface area contributed by atoms with Crippen LogP contribution in [0.15, 0.2) is 12.1 Å². The Morgan fingerprint density at radius 1 is 0.935 bits per heavy atom. The zero-order valence-corrected chi connectivity index (χ0v) is 21.2. The lowest BCUT2D eigenvalue weighted by Crippen LogP contribution is -2.54. The van der Waals surface area contributed by atoms with Crippen molar-refractivity contribution in [1.29, 1.82) is 0 Å². The van der Waals surface area contributed by atoms with Gasteiger partial charge in [0, 0.05) is 18.5 Å². The van der Waals surface area contributed by atoms with Crippen molar-refractivity contribution in [3.05, 3.63) is 33.6 Å². The molecular formula is C25H33Cl2N3O. The Kier molecular flexibility index (Phi) is 5.38. The highest BCUT2D eigenvalue weighted by molar-refractivity contribution is 6.42. The van der Waals surface area contributed by atoms with Crippen molar-refractivity contribution in [2.75, 3.05) is 13.1 Å². The van der Waals surface area contributed by atoms with Crippen LogP contribution in [0.5, 0.6) is 0 Å². The molecule has 6 heteroatoms. The molecule has 0 aliphatic heterocycles. The average Bonchev–Trinajstić information content (AvgIpc) is 2.95. The summed E-state index contributed by atoms with van der Waals surface area (Å²) in [6, 6.07) is 3.55. The van der Waals surface area contributed by atoms with Crippen LogP contribution in [0.1, 0.15) is 72.7 Å². The van der Waals surface area contributed by atoms with Gasteiger partial charge in [0.15, 0.2) is 0 Å². The Morgan fingerprint density at radius 3 is 1.90 bits per heavy atom. The molecular weight excluding hydrogens is 429 g/mol. The SMILES string of the molecule is CC(C)CN(CC(C)C)C(=O)C12CCC(C)(c3nc4cc(Cl)c(Cl)cc4nc31)C2(C)C. The molecule has 31 heavy (non-hydrogen) atoms. The molecule has 2 aliphatic rings. The van der Waals surface area contributed by atoms with E-state index in [0.717, 1.165) is 42.8 Å². The molecule has 0 radical (unpaired) electrons. The molecule has 2 bridgehead atoms. The first-order chi connectivity index (χ1) is 14.3. The maximum absolute atomic E-state index is 14.4. The van der Waals surface area contributed by atoms with E-state index in [0.29, 0.717) is 27.4 Å². The van der Waals surface area contributed by atoms with E-state index in [-0.39, 0.29) is 16.7 Å². The van der Waals surface area contributed by atoms with E-state index in [1.54, 1.807) is 12.1 Å². The molecule has 1 fully saturated rings. The largest absolute Gasteiger partial charge is 0.341 e. The van der Waals surface area contributed by atoms with Crippen LogP contribution in [-0.4, -0.2) is 33.9 Å². The Labute approximate surface area is 195 Å². The number of nitrogens with zero attached hydrogens (tertiary/aromatic N) is 3. The van der Waals surface area contributed by atoms with Crippen molar-refractivity contribution in [3.8, 4) is 0 Å². The predicted molar refractivity (Wildman–Crippen MR) is 128 cm³/mol. The first-order valence-corrected chi connectivity index (χ1v) is 12.1. The van der Waals surface area contributed by atoms with Gasteiger partial charge in [-0.25, -0.2) is 9.97 Å². The minimum Gasteiger partial charge on any atom is -0.341 e. The molecule has 2 atom stereocenters. The topological polar surface area (TPSA) is 46.1 Å². The van der Waals surface area contributed by atoms with E-state index in [1.165, 1.54) is 0 Å². The van der Waals surface area contributed by atoms with Crippen LogP contribution in [0, 0.1) is 17.3 Å². The minimum atomic E-state index is -0.672. The summed E-state index contributed by atoms with van der Waals surface area (Å²) in [5.74, 6) is 1.01. The van der Waals surface area contributed by atoms with Gasteiger partial charge in [-0.1, -0.05) is 71.7 Å². The molecule has 1 saturated carbocycles. The van der Waals surface area contributed by atoms with Gasteiger partial charge in [-0.2, -0.15) is 0 Å². The molecule has 2 unspecified atom stereocenters. The molecule has 2 aromatic rings. The first kappa shape index (κ1) is 22.8. The Balaban J connectivity index is 1.95. The van der Waals surface area contributed by atoms with Crippen molar-refractivity contribution in [2.24, 2.45) is 17.3 Å². The Morgan fingerprint density at radius 2 is 1.42 bits per heavy atom. The summed E-state index contributed by atoms with van der Waals surface area (Å²) in [4.78, 5) is 26.6. The lowest BCUT2D eigenvalue weighted by Gasteiger charge is -2.43. The summed E-state index contributed by atoms with van der Waals surface area (Å²) in [7, 11) is 0. The zero-order valence-electron chi connectivity index (χ0n) is 19.6. The van der Waals surface area contributed by atoms with Crippen molar-refractivity contribution in [1.82, 2.24) is 14.9 Å². The molecule has 168 valence electrons. The van der Waals surface area contributed by atoms with E-state index in [2.05, 4.69) is 53.4 Å². The summed E-state index contributed by atoms with van der Waals surface area (Å²) in [6.45, 7) is 16.9. The van der Waals surface area contributed by atoms with Crippen molar-refractivity contribution in [3.63, 3.8) is 0 Å².